The third-order valence-electron chi connectivity index (χ3n) is 7.10. The van der Waals surface area contributed by atoms with Crippen LogP contribution in [-0.4, -0.2) is 63.4 Å². The average Bonchev–Trinajstić information content (AvgIpc) is 3.65. The minimum Gasteiger partial charge on any atom is -0.497 e. The van der Waals surface area contributed by atoms with Crippen molar-refractivity contribution in [2.24, 2.45) is 0 Å². The van der Waals surface area contributed by atoms with Gasteiger partial charge in [-0.3, -0.25) is 4.90 Å². The zero-order valence-electron chi connectivity index (χ0n) is 19.4. The number of rotatable bonds is 6. The van der Waals surface area contributed by atoms with Gasteiger partial charge < -0.3 is 9.64 Å². The molecular weight excluding hydrogens is 446 g/mol. The summed E-state index contributed by atoms with van der Waals surface area (Å²) < 4.78 is 8.75. The van der Waals surface area contributed by atoms with Crippen LogP contribution in [0.3, 0.4) is 0 Å². The maximum absolute atomic E-state index is 5.41. The molecule has 2 fully saturated rings. The van der Waals surface area contributed by atoms with Crippen LogP contribution in [-0.2, 0) is 0 Å². The molecule has 0 N–H and O–H groups in total. The smallest absolute Gasteiger partial charge is 0.186 e. The summed E-state index contributed by atoms with van der Waals surface area (Å²) in [6.07, 6.45) is 4.80. The molecule has 0 bridgehead atoms. The summed E-state index contributed by atoms with van der Waals surface area (Å²) in [5.74, 6) is 1.81. The number of para-hydroxylation sites is 1. The van der Waals surface area contributed by atoms with E-state index >= 15 is 0 Å². The monoisotopic (exact) mass is 475 g/mol. The van der Waals surface area contributed by atoms with Gasteiger partial charge in [0.05, 0.1) is 29.4 Å². The van der Waals surface area contributed by atoms with Crippen LogP contribution in [0, 0.1) is 0 Å². The lowest BCUT2D eigenvalue weighted by Gasteiger charge is -2.39. The van der Waals surface area contributed by atoms with E-state index in [-0.39, 0.29) is 6.04 Å². The number of aromatic nitrogens is 5. The van der Waals surface area contributed by atoms with E-state index < -0.39 is 0 Å². The number of fused-ring (bicyclic) bond motifs is 1. The molecule has 9 heteroatoms. The van der Waals surface area contributed by atoms with Crippen molar-refractivity contribution in [3.63, 3.8) is 0 Å². The molecule has 3 heterocycles. The van der Waals surface area contributed by atoms with Gasteiger partial charge in [-0.15, -0.1) is 5.10 Å². The van der Waals surface area contributed by atoms with Gasteiger partial charge in [0.1, 0.15) is 5.75 Å². The van der Waals surface area contributed by atoms with Crippen LogP contribution in [0.1, 0.15) is 49.2 Å². The fraction of sp³-hybridized carbons (Fsp3) is 0.440. The highest BCUT2D eigenvalue weighted by Gasteiger charge is 2.33. The van der Waals surface area contributed by atoms with Crippen LogP contribution < -0.4 is 9.64 Å². The largest absolute Gasteiger partial charge is 0.497 e. The fourth-order valence-electron chi connectivity index (χ4n) is 5.27. The van der Waals surface area contributed by atoms with E-state index in [4.69, 9.17) is 9.72 Å². The maximum atomic E-state index is 5.41. The van der Waals surface area contributed by atoms with Crippen LogP contribution >= 0.6 is 11.3 Å². The van der Waals surface area contributed by atoms with E-state index in [1.165, 1.54) is 23.1 Å². The number of benzene rings is 2. The van der Waals surface area contributed by atoms with Crippen molar-refractivity contribution in [3.8, 4) is 5.75 Å². The molecule has 0 amide bonds. The van der Waals surface area contributed by atoms with E-state index in [2.05, 4.69) is 66.4 Å². The maximum Gasteiger partial charge on any atom is 0.186 e. The quantitative estimate of drug-likeness (QED) is 0.411. The molecule has 2 aliphatic rings. The van der Waals surface area contributed by atoms with Gasteiger partial charge in [-0.25, -0.2) is 9.67 Å². The van der Waals surface area contributed by atoms with Crippen molar-refractivity contribution < 1.29 is 4.74 Å². The average molecular weight is 476 g/mol. The third-order valence-corrected chi connectivity index (χ3v) is 8.19. The van der Waals surface area contributed by atoms with Gasteiger partial charge in [-0.1, -0.05) is 48.4 Å². The van der Waals surface area contributed by atoms with Gasteiger partial charge in [0.25, 0.3) is 0 Å². The van der Waals surface area contributed by atoms with Crippen molar-refractivity contribution in [1.29, 1.82) is 0 Å². The molecule has 0 spiro atoms. The predicted octanol–water partition coefficient (Wildman–Crippen LogP) is 4.32. The Kier molecular flexibility index (Phi) is 5.88. The number of ether oxygens (including phenoxy) is 1. The van der Waals surface area contributed by atoms with Gasteiger partial charge in [0.2, 0.25) is 0 Å². The third kappa shape index (κ3) is 4.03. The van der Waals surface area contributed by atoms with Crippen molar-refractivity contribution in [2.45, 2.75) is 37.8 Å². The second-order valence-corrected chi connectivity index (χ2v) is 10.1. The number of anilines is 1. The van der Waals surface area contributed by atoms with Gasteiger partial charge in [0, 0.05) is 26.2 Å². The minimum atomic E-state index is 0.0130. The molecular formula is C25H29N7OS. The fourth-order valence-corrected chi connectivity index (χ4v) is 6.28. The lowest BCUT2D eigenvalue weighted by atomic mass is 10.0. The topological polar surface area (TPSA) is 72.2 Å². The Morgan fingerprint density at radius 3 is 2.47 bits per heavy atom. The molecule has 1 saturated carbocycles. The zero-order valence-corrected chi connectivity index (χ0v) is 20.2. The van der Waals surface area contributed by atoms with E-state index in [9.17, 15) is 0 Å². The Balaban J connectivity index is 1.28. The number of tetrazole rings is 1. The van der Waals surface area contributed by atoms with Crippen LogP contribution in [0.5, 0.6) is 5.75 Å². The first-order chi connectivity index (χ1) is 16.8. The summed E-state index contributed by atoms with van der Waals surface area (Å²) in [5, 5.41) is 14.2. The highest BCUT2D eigenvalue weighted by atomic mass is 32.1. The molecule has 1 aliphatic carbocycles. The minimum absolute atomic E-state index is 0.0130. The molecule has 2 aromatic heterocycles. The first-order valence-corrected chi connectivity index (χ1v) is 12.9. The molecule has 34 heavy (non-hydrogen) atoms. The highest BCUT2D eigenvalue weighted by Crippen LogP contribution is 2.36. The Hall–Kier alpha value is -3.04. The SMILES string of the molecule is COc1ccc([C@H](c2nnnn2C2CCCC2)N2CCN(c3nc4ccccc4s3)CC2)cc1. The molecule has 176 valence electrons. The summed E-state index contributed by atoms with van der Waals surface area (Å²) in [6.45, 7) is 3.70. The Bertz CT molecular complexity index is 1210. The Morgan fingerprint density at radius 2 is 1.74 bits per heavy atom. The van der Waals surface area contributed by atoms with Crippen molar-refractivity contribution in [3.05, 3.63) is 59.9 Å². The number of hydrogen-bond donors (Lipinski definition) is 0. The number of methoxy groups -OCH3 is 1. The second kappa shape index (κ2) is 9.31. The highest BCUT2D eigenvalue weighted by molar-refractivity contribution is 7.22. The molecule has 4 aromatic rings. The summed E-state index contributed by atoms with van der Waals surface area (Å²) in [7, 11) is 1.70. The lowest BCUT2D eigenvalue weighted by molar-refractivity contribution is 0.197. The Labute approximate surface area is 203 Å². The van der Waals surface area contributed by atoms with E-state index in [1.54, 1.807) is 18.4 Å². The number of hydrogen-bond acceptors (Lipinski definition) is 8. The molecule has 8 nitrogen and oxygen atoms in total. The molecule has 1 saturated heterocycles. The van der Waals surface area contributed by atoms with Gasteiger partial charge in [-0.2, -0.15) is 0 Å². The molecule has 2 aromatic carbocycles. The van der Waals surface area contributed by atoms with Crippen LogP contribution in [0.25, 0.3) is 10.2 Å². The first kappa shape index (κ1) is 21.5. The predicted molar refractivity (Wildman–Crippen MR) is 134 cm³/mol. The van der Waals surface area contributed by atoms with Gasteiger partial charge >= 0.3 is 0 Å². The summed E-state index contributed by atoms with van der Waals surface area (Å²) in [4.78, 5) is 9.80. The number of thiazole rings is 1. The first-order valence-electron chi connectivity index (χ1n) is 12.1. The standard InChI is InChI=1S/C25H29N7OS/c1-33-20-12-10-18(11-13-20)23(24-27-28-29-32(24)19-6-2-3-7-19)30-14-16-31(17-15-30)25-26-21-8-4-5-9-22(21)34-25/h4-5,8-13,19,23H,2-3,6-7,14-17H2,1H3/t23-/m1/s1. The lowest BCUT2D eigenvalue weighted by Crippen LogP contribution is -2.48. The van der Waals surface area contributed by atoms with Crippen LogP contribution in [0.4, 0.5) is 5.13 Å². The Morgan fingerprint density at radius 1 is 0.971 bits per heavy atom. The van der Waals surface area contributed by atoms with Crippen LogP contribution in [0.15, 0.2) is 48.5 Å². The van der Waals surface area contributed by atoms with Crippen molar-refractivity contribution >= 4 is 26.7 Å². The van der Waals surface area contributed by atoms with Gasteiger partial charge in [-0.05, 0) is 53.1 Å². The molecule has 0 unspecified atom stereocenters. The normalized spacial score (nSPS) is 18.6. The number of piperazine rings is 1. The zero-order chi connectivity index (χ0) is 22.9. The number of nitrogens with zero attached hydrogens (tertiary/aromatic N) is 7. The molecule has 1 atom stereocenters. The van der Waals surface area contributed by atoms with E-state index in [0.29, 0.717) is 6.04 Å². The summed E-state index contributed by atoms with van der Waals surface area (Å²) in [5.41, 5.74) is 2.28. The summed E-state index contributed by atoms with van der Waals surface area (Å²) in [6, 6.07) is 17.1. The van der Waals surface area contributed by atoms with Gasteiger partial charge in [0.15, 0.2) is 11.0 Å². The second-order valence-electron chi connectivity index (χ2n) is 9.08. The van der Waals surface area contributed by atoms with Crippen molar-refractivity contribution in [1.82, 2.24) is 30.1 Å². The molecule has 6 rings (SSSR count). The van der Waals surface area contributed by atoms with Crippen LogP contribution in [0.2, 0.25) is 0 Å². The van der Waals surface area contributed by atoms with E-state index in [1.807, 2.05) is 12.1 Å². The molecule has 1 aliphatic heterocycles. The van der Waals surface area contributed by atoms with E-state index in [0.717, 1.165) is 61.2 Å². The van der Waals surface area contributed by atoms with Crippen molar-refractivity contribution in [2.75, 3.05) is 38.2 Å². The molecule has 0 radical (unpaired) electrons. The summed E-state index contributed by atoms with van der Waals surface area (Å²) >= 11 is 1.78.